The Morgan fingerprint density at radius 3 is 1.60 bits per heavy atom. The van der Waals surface area contributed by atoms with E-state index in [0.29, 0.717) is 0 Å². The lowest BCUT2D eigenvalue weighted by molar-refractivity contribution is -0.294. The maximum atomic E-state index is 11.7. The Bertz CT molecular complexity index is 107. The fourth-order valence-electron chi connectivity index (χ4n) is 0.322. The predicted octanol–water partition coefficient (Wildman–Crippen LogP) is 1.75. The number of hydrogen-bond donors (Lipinski definition) is 1. The Morgan fingerprint density at radius 1 is 1.10 bits per heavy atom. The van der Waals surface area contributed by atoms with Crippen molar-refractivity contribution in [2.45, 2.75) is 19.1 Å². The fourth-order valence-corrected chi connectivity index (χ4v) is 0.322. The molecule has 6 heteroatoms. The van der Waals surface area contributed by atoms with Gasteiger partial charge in [-0.3, -0.25) is 5.32 Å². The van der Waals surface area contributed by atoms with Gasteiger partial charge in [0, 0.05) is 0 Å². The largest absolute Gasteiger partial charge is 0.469 e. The van der Waals surface area contributed by atoms with E-state index in [2.05, 4.69) is 0 Å². The second-order valence-electron chi connectivity index (χ2n) is 1.60. The molecule has 0 atom stereocenters. The van der Waals surface area contributed by atoms with E-state index >= 15 is 0 Å². The van der Waals surface area contributed by atoms with Gasteiger partial charge in [0.05, 0.1) is 0 Å². The molecule has 0 aromatic rings. The molecule has 0 aromatic carbocycles. The number of hydrogen-bond acceptors (Lipinski definition) is 1. The summed E-state index contributed by atoms with van der Waals surface area (Å²) in [5.41, 5.74) is 0. The van der Waals surface area contributed by atoms with Crippen LogP contribution in [-0.2, 0) is 0 Å². The molecule has 0 spiro atoms. The molecule has 0 saturated heterocycles. The lowest BCUT2D eigenvalue weighted by atomic mass is 10.5. The van der Waals surface area contributed by atoms with Crippen molar-refractivity contribution in [2.24, 2.45) is 0 Å². The van der Waals surface area contributed by atoms with Crippen molar-refractivity contribution in [2.75, 3.05) is 6.54 Å². The second-order valence-corrected chi connectivity index (χ2v) is 1.60. The van der Waals surface area contributed by atoms with E-state index < -0.39 is 18.8 Å². The number of rotatable bonds is 2. The smallest absolute Gasteiger partial charge is 0.250 e. The van der Waals surface area contributed by atoms with Crippen LogP contribution in [0.5, 0.6) is 0 Å². The topological polar surface area (TPSA) is 12.0 Å². The molecule has 0 bridgehead atoms. The molecule has 0 radical (unpaired) electrons. The molecule has 0 unspecified atom stereocenters. The Balaban J connectivity index is 4.10. The third kappa shape index (κ3) is 2.09. The van der Waals surface area contributed by atoms with Crippen molar-refractivity contribution in [3.8, 4) is 0 Å². The van der Waals surface area contributed by atoms with Crippen LogP contribution in [0.3, 0.4) is 0 Å². The molecule has 1 nitrogen and oxygen atoms in total. The molecule has 0 saturated carbocycles. The highest BCUT2D eigenvalue weighted by Crippen LogP contribution is 2.32. The average molecular weight is 163 g/mol. The molecule has 10 heavy (non-hydrogen) atoms. The SMILES string of the molecule is CCNC(F)(F)C(F)(F)F. The molecule has 0 rings (SSSR count). The van der Waals surface area contributed by atoms with Crippen LogP contribution in [0, 0.1) is 0 Å². The fraction of sp³-hybridized carbons (Fsp3) is 1.00. The Kier molecular flexibility index (Phi) is 2.59. The van der Waals surface area contributed by atoms with Crippen molar-refractivity contribution in [3.05, 3.63) is 0 Å². The predicted molar refractivity (Wildman–Crippen MR) is 24.7 cm³/mol. The molecule has 0 aromatic heterocycles. The summed E-state index contributed by atoms with van der Waals surface area (Å²) >= 11 is 0. The Morgan fingerprint density at radius 2 is 1.50 bits per heavy atom. The summed E-state index contributed by atoms with van der Waals surface area (Å²) in [5.74, 6) is 0. The van der Waals surface area contributed by atoms with E-state index in [4.69, 9.17) is 0 Å². The van der Waals surface area contributed by atoms with Crippen molar-refractivity contribution < 1.29 is 22.0 Å². The average Bonchev–Trinajstić information content (AvgIpc) is 1.61. The Labute approximate surface area is 54.2 Å². The summed E-state index contributed by atoms with van der Waals surface area (Å²) in [5, 5.41) is 1.00. The third-order valence-corrected chi connectivity index (χ3v) is 0.755. The van der Waals surface area contributed by atoms with Gasteiger partial charge in [-0.25, -0.2) is 0 Å². The Hall–Kier alpha value is -0.390. The summed E-state index contributed by atoms with van der Waals surface area (Å²) in [6.45, 7) is 0.742. The molecular weight excluding hydrogens is 157 g/mol. The molecule has 0 fully saturated rings. The maximum absolute atomic E-state index is 11.7. The quantitative estimate of drug-likeness (QED) is 0.483. The zero-order valence-corrected chi connectivity index (χ0v) is 5.10. The van der Waals surface area contributed by atoms with Crippen LogP contribution in [-0.4, -0.2) is 18.8 Å². The highest BCUT2D eigenvalue weighted by atomic mass is 19.4. The van der Waals surface area contributed by atoms with E-state index in [1.807, 2.05) is 0 Å². The zero-order chi connectivity index (χ0) is 8.41. The van der Waals surface area contributed by atoms with Crippen molar-refractivity contribution >= 4 is 0 Å². The lowest BCUT2D eigenvalue weighted by Gasteiger charge is -2.19. The molecule has 0 amide bonds. The van der Waals surface area contributed by atoms with Crippen LogP contribution >= 0.6 is 0 Å². The van der Waals surface area contributed by atoms with Crippen LogP contribution in [0.15, 0.2) is 0 Å². The minimum absolute atomic E-state index is 0.424. The minimum Gasteiger partial charge on any atom is -0.250 e. The molecule has 0 heterocycles. The molecule has 0 aliphatic rings. The number of alkyl halides is 5. The molecule has 0 aliphatic carbocycles. The van der Waals surface area contributed by atoms with E-state index in [0.717, 1.165) is 5.32 Å². The van der Waals surface area contributed by atoms with Crippen molar-refractivity contribution in [3.63, 3.8) is 0 Å². The molecule has 1 N–H and O–H groups in total. The van der Waals surface area contributed by atoms with Gasteiger partial charge in [-0.05, 0) is 6.54 Å². The first-order valence-electron chi connectivity index (χ1n) is 2.51. The van der Waals surface area contributed by atoms with Crippen molar-refractivity contribution in [1.82, 2.24) is 5.32 Å². The van der Waals surface area contributed by atoms with Gasteiger partial charge >= 0.3 is 12.2 Å². The highest BCUT2D eigenvalue weighted by Gasteiger charge is 2.56. The number of halogens is 5. The van der Waals surface area contributed by atoms with Gasteiger partial charge in [-0.1, -0.05) is 6.92 Å². The first-order valence-corrected chi connectivity index (χ1v) is 2.51. The van der Waals surface area contributed by atoms with Gasteiger partial charge in [-0.2, -0.15) is 22.0 Å². The summed E-state index contributed by atoms with van der Waals surface area (Å²) in [6, 6.07) is -4.76. The highest BCUT2D eigenvalue weighted by molar-refractivity contribution is 4.71. The molecule has 62 valence electrons. The van der Waals surface area contributed by atoms with Gasteiger partial charge in [0.15, 0.2) is 0 Å². The van der Waals surface area contributed by atoms with Crippen LogP contribution < -0.4 is 5.32 Å². The summed E-state index contributed by atoms with van der Waals surface area (Å²) < 4.78 is 57.0. The van der Waals surface area contributed by atoms with Crippen LogP contribution in [0.25, 0.3) is 0 Å². The van der Waals surface area contributed by atoms with Crippen LogP contribution in [0.2, 0.25) is 0 Å². The normalized spacial score (nSPS) is 13.8. The van der Waals surface area contributed by atoms with Gasteiger partial charge in [0.25, 0.3) is 0 Å². The van der Waals surface area contributed by atoms with E-state index in [1.54, 1.807) is 0 Å². The van der Waals surface area contributed by atoms with Gasteiger partial charge in [0.2, 0.25) is 0 Å². The van der Waals surface area contributed by atoms with Gasteiger partial charge < -0.3 is 0 Å². The third-order valence-electron chi connectivity index (χ3n) is 0.755. The second kappa shape index (κ2) is 2.69. The number of nitrogens with one attached hydrogen (secondary N) is 1. The summed E-state index contributed by atoms with van der Waals surface area (Å²) in [6.07, 6.45) is -5.50. The van der Waals surface area contributed by atoms with Crippen LogP contribution in [0.1, 0.15) is 6.92 Å². The summed E-state index contributed by atoms with van der Waals surface area (Å²) in [7, 11) is 0. The van der Waals surface area contributed by atoms with Gasteiger partial charge in [-0.15, -0.1) is 0 Å². The zero-order valence-electron chi connectivity index (χ0n) is 5.10. The van der Waals surface area contributed by atoms with Gasteiger partial charge in [0.1, 0.15) is 0 Å². The molecule has 0 aliphatic heterocycles. The molecular formula is C4H6F5N. The summed E-state index contributed by atoms with van der Waals surface area (Å²) in [4.78, 5) is 0. The maximum Gasteiger partial charge on any atom is 0.469 e. The monoisotopic (exact) mass is 163 g/mol. The minimum atomic E-state index is -5.50. The van der Waals surface area contributed by atoms with Crippen molar-refractivity contribution in [1.29, 1.82) is 0 Å². The first-order chi connectivity index (χ1) is 4.31. The van der Waals surface area contributed by atoms with Crippen LogP contribution in [0.4, 0.5) is 22.0 Å². The van der Waals surface area contributed by atoms with E-state index in [9.17, 15) is 22.0 Å². The van der Waals surface area contributed by atoms with E-state index in [1.165, 1.54) is 6.92 Å². The standard InChI is InChI=1S/C4H6F5N/c1-2-10-4(8,9)3(5,6)7/h10H,2H2,1H3. The first kappa shape index (κ1) is 9.61. The lowest BCUT2D eigenvalue weighted by Crippen LogP contribution is -2.49. The van der Waals surface area contributed by atoms with E-state index in [-0.39, 0.29) is 0 Å².